The maximum absolute atomic E-state index is 13.9. The zero-order valence-electron chi connectivity index (χ0n) is 22.7. The van der Waals surface area contributed by atoms with Crippen LogP contribution in [0.2, 0.25) is 0 Å². The highest BCUT2D eigenvalue weighted by Gasteiger charge is 2.40. The minimum atomic E-state index is -4.60. The lowest BCUT2D eigenvalue weighted by Gasteiger charge is -2.36. The van der Waals surface area contributed by atoms with E-state index in [1.807, 2.05) is 30.0 Å². The third-order valence-electron chi connectivity index (χ3n) is 7.53. The fourth-order valence-corrected chi connectivity index (χ4v) is 6.99. The van der Waals surface area contributed by atoms with E-state index in [0.717, 1.165) is 46.8 Å². The summed E-state index contributed by atoms with van der Waals surface area (Å²) in [6, 6.07) is 15.4. The number of carbonyl (C=O) groups is 1. The number of hydrogen-bond acceptors (Lipinski definition) is 5. The van der Waals surface area contributed by atoms with Gasteiger partial charge in [0.1, 0.15) is 11.8 Å². The minimum absolute atomic E-state index is 0.00814. The number of amides is 1. The third kappa shape index (κ3) is 6.20. The van der Waals surface area contributed by atoms with Crippen molar-refractivity contribution in [3.8, 4) is 5.75 Å². The summed E-state index contributed by atoms with van der Waals surface area (Å²) in [4.78, 5) is 15.8. The molecular formula is C30H32F3N3O4S. The Kier molecular flexibility index (Phi) is 8.28. The van der Waals surface area contributed by atoms with E-state index in [9.17, 15) is 26.4 Å². The molecule has 0 unspecified atom stereocenters. The molecule has 2 heterocycles. The first kappa shape index (κ1) is 28.9. The van der Waals surface area contributed by atoms with Crippen molar-refractivity contribution in [2.45, 2.75) is 56.3 Å². The second-order valence-electron chi connectivity index (χ2n) is 10.2. The number of halogens is 3. The molecule has 1 fully saturated rings. The van der Waals surface area contributed by atoms with E-state index in [-0.39, 0.29) is 23.5 Å². The van der Waals surface area contributed by atoms with Gasteiger partial charge in [-0.05, 0) is 86.2 Å². The molecule has 0 aliphatic carbocycles. The van der Waals surface area contributed by atoms with E-state index < -0.39 is 33.7 Å². The molecule has 0 spiro atoms. The molecule has 1 saturated heterocycles. The Hall–Kier alpha value is -3.57. The Morgan fingerprint density at radius 3 is 2.32 bits per heavy atom. The number of rotatable bonds is 7. The van der Waals surface area contributed by atoms with Crippen molar-refractivity contribution >= 4 is 27.3 Å². The van der Waals surface area contributed by atoms with Crippen LogP contribution in [-0.2, 0) is 34.0 Å². The highest BCUT2D eigenvalue weighted by Crippen LogP contribution is 2.37. The van der Waals surface area contributed by atoms with Gasteiger partial charge in [0.05, 0.1) is 28.4 Å². The van der Waals surface area contributed by atoms with Gasteiger partial charge in [-0.2, -0.15) is 17.5 Å². The Balaban J connectivity index is 1.51. The van der Waals surface area contributed by atoms with Crippen LogP contribution < -0.4 is 15.0 Å². The van der Waals surface area contributed by atoms with E-state index in [2.05, 4.69) is 5.32 Å². The summed E-state index contributed by atoms with van der Waals surface area (Å²) in [5.74, 6) is -0.175. The molecule has 41 heavy (non-hydrogen) atoms. The predicted octanol–water partition coefficient (Wildman–Crippen LogP) is 5.85. The van der Waals surface area contributed by atoms with Crippen molar-refractivity contribution in [3.63, 3.8) is 0 Å². The Morgan fingerprint density at radius 2 is 1.66 bits per heavy atom. The van der Waals surface area contributed by atoms with Gasteiger partial charge in [-0.15, -0.1) is 0 Å². The lowest BCUT2D eigenvalue weighted by molar-refractivity contribution is -0.137. The zero-order chi connectivity index (χ0) is 29.2. The number of alkyl halides is 3. The number of nitrogens with zero attached hydrogens (tertiary/aromatic N) is 2. The fraction of sp³-hybridized carbons (Fsp3) is 0.367. The lowest BCUT2D eigenvalue weighted by atomic mass is 9.95. The SMILES string of the molecule is CCOc1ccc(S(=O)(=O)N2Cc3ccccc3C[C@@H]2C(=O)Nc2cc(C(F)(F)F)ccc2N2CCCCC2)cc1. The first-order valence-corrected chi connectivity index (χ1v) is 15.1. The molecule has 11 heteroatoms. The van der Waals surface area contributed by atoms with Crippen molar-refractivity contribution in [2.24, 2.45) is 0 Å². The van der Waals surface area contributed by atoms with Gasteiger partial charge in [0.15, 0.2) is 0 Å². The van der Waals surface area contributed by atoms with E-state index >= 15 is 0 Å². The standard InChI is InChI=1S/C30H32F3N3O4S/c1-2-40-24-11-13-25(14-12-24)41(38,39)36-20-22-9-5-4-8-21(22)18-28(36)29(37)34-26-19-23(30(31,32)33)10-15-27(26)35-16-6-3-7-17-35/h4-5,8-15,19,28H,2-3,6-7,16-18,20H2,1H3,(H,34,37)/t28-/m1/s1. The van der Waals surface area contributed by atoms with Crippen LogP contribution in [0.4, 0.5) is 24.5 Å². The van der Waals surface area contributed by atoms with Crippen molar-refractivity contribution in [1.29, 1.82) is 0 Å². The molecule has 3 aromatic carbocycles. The summed E-state index contributed by atoms with van der Waals surface area (Å²) in [6.07, 6.45) is -1.72. The number of benzene rings is 3. The zero-order valence-corrected chi connectivity index (χ0v) is 23.5. The Labute approximate surface area is 238 Å². The molecule has 0 aromatic heterocycles. The molecule has 0 radical (unpaired) electrons. The average molecular weight is 588 g/mol. The molecule has 2 aliphatic heterocycles. The maximum Gasteiger partial charge on any atom is 0.416 e. The van der Waals surface area contributed by atoms with Crippen molar-refractivity contribution in [3.05, 3.63) is 83.4 Å². The van der Waals surface area contributed by atoms with E-state index in [0.29, 0.717) is 31.1 Å². The molecule has 0 bridgehead atoms. The summed E-state index contributed by atoms with van der Waals surface area (Å²) in [5, 5.41) is 2.69. The first-order chi connectivity index (χ1) is 19.6. The first-order valence-electron chi connectivity index (χ1n) is 13.7. The normalized spacial score (nSPS) is 18.0. The number of anilines is 2. The third-order valence-corrected chi connectivity index (χ3v) is 9.40. The molecule has 0 saturated carbocycles. The molecule has 1 amide bonds. The van der Waals surface area contributed by atoms with Crippen LogP contribution in [0.3, 0.4) is 0 Å². The van der Waals surface area contributed by atoms with Gasteiger partial charge in [0, 0.05) is 19.6 Å². The van der Waals surface area contributed by atoms with Crippen LogP contribution in [0.15, 0.2) is 71.6 Å². The van der Waals surface area contributed by atoms with Gasteiger partial charge in [0.2, 0.25) is 15.9 Å². The second-order valence-corrected chi connectivity index (χ2v) is 12.1. The number of piperidine rings is 1. The summed E-state index contributed by atoms with van der Waals surface area (Å²) in [6.45, 7) is 3.50. The van der Waals surface area contributed by atoms with E-state index in [1.165, 1.54) is 18.2 Å². The molecule has 7 nitrogen and oxygen atoms in total. The predicted molar refractivity (Wildman–Crippen MR) is 150 cm³/mol. The summed E-state index contributed by atoms with van der Waals surface area (Å²) in [5.41, 5.74) is 1.19. The van der Waals surface area contributed by atoms with Gasteiger partial charge in [0.25, 0.3) is 0 Å². The van der Waals surface area contributed by atoms with Gasteiger partial charge in [-0.3, -0.25) is 4.79 Å². The van der Waals surface area contributed by atoms with Gasteiger partial charge < -0.3 is 15.0 Å². The average Bonchev–Trinajstić information content (AvgIpc) is 2.97. The quantitative estimate of drug-likeness (QED) is 0.375. The molecule has 5 rings (SSSR count). The second kappa shape index (κ2) is 11.7. The molecule has 1 atom stereocenters. The van der Waals surface area contributed by atoms with Crippen LogP contribution in [0, 0.1) is 0 Å². The smallest absolute Gasteiger partial charge is 0.416 e. The largest absolute Gasteiger partial charge is 0.494 e. The van der Waals surface area contributed by atoms with Gasteiger partial charge in [-0.25, -0.2) is 8.42 Å². The monoisotopic (exact) mass is 587 g/mol. The van der Waals surface area contributed by atoms with Crippen molar-refractivity contribution < 1.29 is 31.1 Å². The van der Waals surface area contributed by atoms with Crippen LogP contribution in [-0.4, -0.2) is 44.4 Å². The number of carbonyl (C=O) groups excluding carboxylic acids is 1. The van der Waals surface area contributed by atoms with Crippen LogP contribution in [0.1, 0.15) is 42.9 Å². The molecule has 3 aromatic rings. The van der Waals surface area contributed by atoms with Crippen LogP contribution >= 0.6 is 0 Å². The molecule has 218 valence electrons. The highest BCUT2D eigenvalue weighted by atomic mass is 32.2. The Bertz CT molecular complexity index is 1500. The van der Waals surface area contributed by atoms with Crippen molar-refractivity contribution in [1.82, 2.24) is 4.31 Å². The van der Waals surface area contributed by atoms with Crippen LogP contribution in [0.25, 0.3) is 0 Å². The number of hydrogen-bond donors (Lipinski definition) is 1. The Morgan fingerprint density at radius 1 is 0.976 bits per heavy atom. The number of nitrogens with one attached hydrogen (secondary N) is 1. The van der Waals surface area contributed by atoms with Crippen molar-refractivity contribution in [2.75, 3.05) is 29.9 Å². The fourth-order valence-electron chi connectivity index (χ4n) is 5.42. The summed E-state index contributed by atoms with van der Waals surface area (Å²) in [7, 11) is -4.16. The topological polar surface area (TPSA) is 79.0 Å². The van der Waals surface area contributed by atoms with E-state index in [4.69, 9.17) is 4.74 Å². The molecule has 1 N–H and O–H groups in total. The highest BCUT2D eigenvalue weighted by molar-refractivity contribution is 7.89. The number of sulfonamides is 1. The minimum Gasteiger partial charge on any atom is -0.494 e. The lowest BCUT2D eigenvalue weighted by Crippen LogP contribution is -2.50. The number of fused-ring (bicyclic) bond motifs is 1. The summed E-state index contributed by atoms with van der Waals surface area (Å²) < 4.78 is 75.3. The number of ether oxygens (including phenoxy) is 1. The van der Waals surface area contributed by atoms with Gasteiger partial charge >= 0.3 is 6.18 Å². The molecule has 2 aliphatic rings. The van der Waals surface area contributed by atoms with E-state index in [1.54, 1.807) is 18.2 Å². The van der Waals surface area contributed by atoms with Gasteiger partial charge in [-0.1, -0.05) is 24.3 Å². The maximum atomic E-state index is 13.9. The summed E-state index contributed by atoms with van der Waals surface area (Å²) >= 11 is 0. The van der Waals surface area contributed by atoms with Crippen LogP contribution in [0.5, 0.6) is 5.75 Å². The molecular weight excluding hydrogens is 555 g/mol.